The third-order valence-corrected chi connectivity index (χ3v) is 3.21. The lowest BCUT2D eigenvalue weighted by molar-refractivity contribution is -0.120. The van der Waals surface area contributed by atoms with Gasteiger partial charge in [0.15, 0.2) is 0 Å². The summed E-state index contributed by atoms with van der Waals surface area (Å²) in [6.07, 6.45) is 0. The Balaban J connectivity index is 2.93. The quantitative estimate of drug-likeness (QED) is 0.882. The molecule has 0 radical (unpaired) electrons. The molecule has 0 spiro atoms. The molecule has 5 heteroatoms. The van der Waals surface area contributed by atoms with Crippen molar-refractivity contribution >= 4 is 29.2 Å². The minimum Gasteiger partial charge on any atom is -0.478 e. The Morgan fingerprint density at radius 3 is 2.39 bits per heavy atom. The Morgan fingerprint density at radius 2 is 1.89 bits per heavy atom. The molecule has 1 amide bonds. The predicted octanol–water partition coefficient (Wildman–Crippen LogP) is 3.27. The van der Waals surface area contributed by atoms with Crippen LogP contribution < -0.4 is 5.32 Å². The van der Waals surface area contributed by atoms with Crippen molar-refractivity contribution in [3.8, 4) is 0 Å². The second-order valence-electron chi connectivity index (χ2n) is 4.52. The maximum absolute atomic E-state index is 11.9. The third kappa shape index (κ3) is 3.47. The second-order valence-corrected chi connectivity index (χ2v) is 4.93. The molecule has 0 saturated heterocycles. The zero-order valence-corrected chi connectivity index (χ0v) is 11.3. The largest absolute Gasteiger partial charge is 0.478 e. The average Bonchev–Trinajstić information content (AvgIpc) is 2.30. The van der Waals surface area contributed by atoms with Crippen molar-refractivity contribution in [1.82, 2.24) is 0 Å². The summed E-state index contributed by atoms with van der Waals surface area (Å²) >= 11 is 5.92. The van der Waals surface area contributed by atoms with E-state index >= 15 is 0 Å². The smallest absolute Gasteiger partial charge is 0.335 e. The maximum atomic E-state index is 11.9. The van der Waals surface area contributed by atoms with Gasteiger partial charge in [-0.1, -0.05) is 32.4 Å². The Kier molecular flexibility index (Phi) is 4.73. The fraction of sp³-hybridized carbons (Fsp3) is 0.385. The van der Waals surface area contributed by atoms with Gasteiger partial charge in [0.2, 0.25) is 5.91 Å². The van der Waals surface area contributed by atoms with Crippen molar-refractivity contribution in [3.63, 3.8) is 0 Å². The van der Waals surface area contributed by atoms with Crippen LogP contribution in [0.4, 0.5) is 5.69 Å². The molecule has 0 aromatic heterocycles. The topological polar surface area (TPSA) is 66.4 Å². The SMILES string of the molecule is CC(C)C(C)C(=O)Nc1cc(C(=O)O)ccc1Cl. The number of carbonyl (C=O) groups is 2. The number of carboxylic acid groups (broad SMARTS) is 1. The van der Waals surface area contributed by atoms with E-state index in [0.29, 0.717) is 10.7 Å². The van der Waals surface area contributed by atoms with Gasteiger partial charge < -0.3 is 10.4 Å². The first-order valence-electron chi connectivity index (χ1n) is 5.66. The normalized spacial score (nSPS) is 12.3. The number of nitrogens with one attached hydrogen (secondary N) is 1. The summed E-state index contributed by atoms with van der Waals surface area (Å²) < 4.78 is 0. The van der Waals surface area contributed by atoms with Crippen LogP contribution in [0, 0.1) is 11.8 Å². The molecule has 18 heavy (non-hydrogen) atoms. The minimum atomic E-state index is -1.06. The lowest BCUT2D eigenvalue weighted by Gasteiger charge is -2.16. The van der Waals surface area contributed by atoms with E-state index in [1.165, 1.54) is 18.2 Å². The number of hydrogen-bond acceptors (Lipinski definition) is 2. The molecule has 0 heterocycles. The summed E-state index contributed by atoms with van der Waals surface area (Å²) in [5.74, 6) is -1.20. The molecule has 4 nitrogen and oxygen atoms in total. The summed E-state index contributed by atoms with van der Waals surface area (Å²) in [7, 11) is 0. The molecular formula is C13H16ClNO3. The van der Waals surface area contributed by atoms with Crippen LogP contribution in [0.25, 0.3) is 0 Å². The first kappa shape index (κ1) is 14.5. The number of halogens is 1. The van der Waals surface area contributed by atoms with Crippen LogP contribution in [0.2, 0.25) is 5.02 Å². The molecule has 1 aromatic rings. The highest BCUT2D eigenvalue weighted by Gasteiger charge is 2.18. The van der Waals surface area contributed by atoms with E-state index in [9.17, 15) is 9.59 Å². The summed E-state index contributed by atoms with van der Waals surface area (Å²) in [5, 5.41) is 11.9. The number of amides is 1. The maximum Gasteiger partial charge on any atom is 0.335 e. The van der Waals surface area contributed by atoms with Crippen LogP contribution in [0.3, 0.4) is 0 Å². The summed E-state index contributed by atoms with van der Waals surface area (Å²) in [6, 6.07) is 4.21. The van der Waals surface area contributed by atoms with Crippen LogP contribution in [-0.2, 0) is 4.79 Å². The molecular weight excluding hydrogens is 254 g/mol. The Labute approximate surface area is 111 Å². The van der Waals surface area contributed by atoms with Crippen molar-refractivity contribution in [2.75, 3.05) is 5.32 Å². The van der Waals surface area contributed by atoms with E-state index in [1.54, 1.807) is 0 Å². The molecule has 0 fully saturated rings. The lowest BCUT2D eigenvalue weighted by atomic mass is 9.97. The molecule has 0 bridgehead atoms. The van der Waals surface area contributed by atoms with Gasteiger partial charge in [0.05, 0.1) is 16.3 Å². The van der Waals surface area contributed by atoms with Crippen LogP contribution in [0.15, 0.2) is 18.2 Å². The van der Waals surface area contributed by atoms with Gasteiger partial charge in [0.25, 0.3) is 0 Å². The van der Waals surface area contributed by atoms with Gasteiger partial charge in [-0.3, -0.25) is 4.79 Å². The fourth-order valence-corrected chi connectivity index (χ4v) is 1.47. The number of rotatable bonds is 4. The number of benzene rings is 1. The highest BCUT2D eigenvalue weighted by atomic mass is 35.5. The van der Waals surface area contributed by atoms with Crippen molar-refractivity contribution < 1.29 is 14.7 Å². The number of hydrogen-bond donors (Lipinski definition) is 2. The van der Waals surface area contributed by atoms with E-state index in [4.69, 9.17) is 16.7 Å². The monoisotopic (exact) mass is 269 g/mol. The molecule has 2 N–H and O–H groups in total. The van der Waals surface area contributed by atoms with Crippen LogP contribution in [0.5, 0.6) is 0 Å². The average molecular weight is 270 g/mol. The van der Waals surface area contributed by atoms with Gasteiger partial charge in [-0.25, -0.2) is 4.79 Å². The van der Waals surface area contributed by atoms with Crippen molar-refractivity contribution in [2.24, 2.45) is 11.8 Å². The molecule has 1 unspecified atom stereocenters. The summed E-state index contributed by atoms with van der Waals surface area (Å²) in [6.45, 7) is 5.70. The van der Waals surface area contributed by atoms with E-state index in [2.05, 4.69) is 5.32 Å². The van der Waals surface area contributed by atoms with E-state index in [0.717, 1.165) is 0 Å². The molecule has 0 saturated carbocycles. The fourth-order valence-electron chi connectivity index (χ4n) is 1.30. The zero-order chi connectivity index (χ0) is 13.9. The zero-order valence-electron chi connectivity index (χ0n) is 10.5. The van der Waals surface area contributed by atoms with Crippen LogP contribution >= 0.6 is 11.6 Å². The summed E-state index contributed by atoms with van der Waals surface area (Å²) in [4.78, 5) is 22.7. The van der Waals surface area contributed by atoms with Crippen molar-refractivity contribution in [1.29, 1.82) is 0 Å². The Bertz CT molecular complexity index is 471. The molecule has 1 atom stereocenters. The van der Waals surface area contributed by atoms with Crippen molar-refractivity contribution in [3.05, 3.63) is 28.8 Å². The molecule has 1 aromatic carbocycles. The summed E-state index contributed by atoms with van der Waals surface area (Å²) in [5.41, 5.74) is 0.418. The van der Waals surface area contributed by atoms with Gasteiger partial charge >= 0.3 is 5.97 Å². The van der Waals surface area contributed by atoms with Gasteiger partial charge in [-0.15, -0.1) is 0 Å². The van der Waals surface area contributed by atoms with Crippen LogP contribution in [-0.4, -0.2) is 17.0 Å². The molecule has 98 valence electrons. The highest BCUT2D eigenvalue weighted by molar-refractivity contribution is 6.33. The first-order valence-corrected chi connectivity index (χ1v) is 6.04. The van der Waals surface area contributed by atoms with Gasteiger partial charge in [-0.2, -0.15) is 0 Å². The van der Waals surface area contributed by atoms with Crippen LogP contribution in [0.1, 0.15) is 31.1 Å². The Hall–Kier alpha value is -1.55. The standard InChI is InChI=1S/C13H16ClNO3/c1-7(2)8(3)12(16)15-11-6-9(13(17)18)4-5-10(11)14/h4-8H,1-3H3,(H,15,16)(H,17,18). The van der Waals surface area contributed by atoms with Gasteiger partial charge in [0.1, 0.15) is 0 Å². The molecule has 0 aliphatic carbocycles. The third-order valence-electron chi connectivity index (χ3n) is 2.88. The van der Waals surface area contributed by atoms with Gasteiger partial charge in [-0.05, 0) is 24.1 Å². The van der Waals surface area contributed by atoms with E-state index in [-0.39, 0.29) is 23.3 Å². The first-order chi connectivity index (χ1) is 8.32. The molecule has 0 aliphatic heterocycles. The predicted molar refractivity (Wildman–Crippen MR) is 71.0 cm³/mol. The van der Waals surface area contributed by atoms with Crippen molar-refractivity contribution in [2.45, 2.75) is 20.8 Å². The number of anilines is 1. The number of carbonyl (C=O) groups excluding carboxylic acids is 1. The minimum absolute atomic E-state index is 0.0897. The Morgan fingerprint density at radius 1 is 1.28 bits per heavy atom. The lowest BCUT2D eigenvalue weighted by Crippen LogP contribution is -2.24. The number of aromatic carboxylic acids is 1. The van der Waals surface area contributed by atoms with E-state index in [1.807, 2.05) is 20.8 Å². The van der Waals surface area contributed by atoms with Gasteiger partial charge in [0, 0.05) is 5.92 Å². The highest BCUT2D eigenvalue weighted by Crippen LogP contribution is 2.24. The molecule has 0 aliphatic rings. The molecule has 1 rings (SSSR count). The second kappa shape index (κ2) is 5.87. The van der Waals surface area contributed by atoms with E-state index < -0.39 is 5.97 Å². The number of carboxylic acids is 1.